The van der Waals surface area contributed by atoms with Crippen LogP contribution >= 0.6 is 20.8 Å². The summed E-state index contributed by atoms with van der Waals surface area (Å²) in [5.41, 5.74) is 3.91. The molecular weight excluding hydrogens is 474 g/mol. The van der Waals surface area contributed by atoms with Crippen LogP contribution in [0.25, 0.3) is 22.4 Å². The number of aromatic hydroxyl groups is 1. The molecule has 8 heteroatoms. The quantitative estimate of drug-likeness (QED) is 0.306. The van der Waals surface area contributed by atoms with Crippen molar-refractivity contribution in [1.82, 2.24) is 9.78 Å². The highest BCUT2D eigenvalue weighted by Gasteiger charge is 2.25. The fourth-order valence-corrected chi connectivity index (χ4v) is 4.35. The van der Waals surface area contributed by atoms with Gasteiger partial charge < -0.3 is 9.84 Å². The van der Waals surface area contributed by atoms with Crippen molar-refractivity contribution in [3.05, 3.63) is 92.7 Å². The molecule has 2 atom stereocenters. The monoisotopic (exact) mass is 498 g/mol. The number of halogens is 2. The SMILES string of the molecule is Cc1ccc(COc2ccc(-c3cc(=O)n(C)[nH]3)c(O)c2-c2ccc(Cl)c(C(C)(F)P)c2)cc1. The molecule has 0 spiro atoms. The van der Waals surface area contributed by atoms with Crippen molar-refractivity contribution in [2.45, 2.75) is 25.9 Å². The Morgan fingerprint density at radius 2 is 1.85 bits per heavy atom. The van der Waals surface area contributed by atoms with Crippen LogP contribution < -0.4 is 10.3 Å². The van der Waals surface area contributed by atoms with Gasteiger partial charge in [-0.25, -0.2) is 4.39 Å². The lowest BCUT2D eigenvalue weighted by molar-refractivity contribution is 0.306. The molecule has 34 heavy (non-hydrogen) atoms. The predicted molar refractivity (Wildman–Crippen MR) is 137 cm³/mol. The molecule has 4 aromatic rings. The number of aromatic amines is 1. The van der Waals surface area contributed by atoms with E-state index in [4.69, 9.17) is 16.3 Å². The zero-order valence-corrected chi connectivity index (χ0v) is 20.9. The van der Waals surface area contributed by atoms with Gasteiger partial charge in [0.05, 0.1) is 11.3 Å². The second-order valence-corrected chi connectivity index (χ2v) is 9.94. The molecule has 1 aromatic heterocycles. The largest absolute Gasteiger partial charge is 0.506 e. The first-order chi connectivity index (χ1) is 16.0. The number of ether oxygens (including phenoxy) is 1. The number of aromatic nitrogens is 2. The topological polar surface area (TPSA) is 67.2 Å². The van der Waals surface area contributed by atoms with Gasteiger partial charge in [-0.1, -0.05) is 56.7 Å². The normalized spacial score (nSPS) is 13.0. The average molecular weight is 499 g/mol. The molecule has 0 fully saturated rings. The summed E-state index contributed by atoms with van der Waals surface area (Å²) in [5, 5.41) is 12.8. The van der Waals surface area contributed by atoms with Crippen molar-refractivity contribution in [2.75, 3.05) is 0 Å². The Kier molecular flexibility index (Phi) is 6.57. The molecule has 0 saturated heterocycles. The third kappa shape index (κ3) is 4.89. The Balaban J connectivity index is 1.85. The molecule has 0 saturated carbocycles. The maximum atomic E-state index is 14.8. The number of benzene rings is 3. The second kappa shape index (κ2) is 9.28. The first-order valence-corrected chi connectivity index (χ1v) is 11.6. The van der Waals surface area contributed by atoms with Gasteiger partial charge in [0.2, 0.25) is 0 Å². The van der Waals surface area contributed by atoms with Crippen LogP contribution in [-0.4, -0.2) is 14.9 Å². The molecule has 4 rings (SSSR count). The summed E-state index contributed by atoms with van der Waals surface area (Å²) < 4.78 is 22.2. The molecule has 0 aliphatic carbocycles. The summed E-state index contributed by atoms with van der Waals surface area (Å²) in [6.45, 7) is 3.68. The standard InChI is InChI=1S/C26H25ClFN2O3P/c1-15-4-6-16(7-5-15)14-33-22-11-9-18(21-13-23(31)30(3)29-21)25(32)24(22)17-8-10-20(27)19(12-17)26(2,28)34/h4-13,29,32H,14,34H2,1-3H3. The zero-order valence-electron chi connectivity index (χ0n) is 19.0. The molecule has 3 aromatic carbocycles. The van der Waals surface area contributed by atoms with Gasteiger partial charge in [0.15, 0.2) is 0 Å². The third-order valence-corrected chi connectivity index (χ3v) is 6.25. The average Bonchev–Trinajstić information content (AvgIpc) is 3.11. The molecule has 0 radical (unpaired) electrons. The second-order valence-electron chi connectivity index (χ2n) is 8.45. The number of nitrogens with one attached hydrogen (secondary N) is 1. The summed E-state index contributed by atoms with van der Waals surface area (Å²) in [4.78, 5) is 12.0. The van der Waals surface area contributed by atoms with Gasteiger partial charge in [-0.2, -0.15) is 0 Å². The van der Waals surface area contributed by atoms with Gasteiger partial charge in [0.1, 0.15) is 23.5 Å². The van der Waals surface area contributed by atoms with Gasteiger partial charge in [-0.3, -0.25) is 14.6 Å². The van der Waals surface area contributed by atoms with Crippen molar-refractivity contribution in [3.8, 4) is 33.9 Å². The molecule has 0 bridgehead atoms. The van der Waals surface area contributed by atoms with E-state index in [0.29, 0.717) is 28.1 Å². The van der Waals surface area contributed by atoms with Crippen LogP contribution in [0.4, 0.5) is 4.39 Å². The number of rotatable bonds is 6. The van der Waals surface area contributed by atoms with Crippen molar-refractivity contribution in [2.24, 2.45) is 7.05 Å². The number of hydrogen-bond donors (Lipinski definition) is 2. The van der Waals surface area contributed by atoms with E-state index in [1.165, 1.54) is 17.7 Å². The van der Waals surface area contributed by atoms with Gasteiger partial charge in [-0.05, 0) is 49.2 Å². The maximum Gasteiger partial charge on any atom is 0.266 e. The molecule has 0 aliphatic heterocycles. The first kappa shape index (κ1) is 24.1. The lowest BCUT2D eigenvalue weighted by Crippen LogP contribution is -2.09. The number of hydrogen-bond acceptors (Lipinski definition) is 3. The van der Waals surface area contributed by atoms with E-state index in [-0.39, 0.29) is 28.5 Å². The molecule has 2 unspecified atom stereocenters. The Hall–Kier alpha value is -3.08. The van der Waals surface area contributed by atoms with Gasteiger partial charge in [0.25, 0.3) is 5.56 Å². The first-order valence-electron chi connectivity index (χ1n) is 10.6. The Labute approximate surface area is 204 Å². The predicted octanol–water partition coefficient (Wildman–Crippen LogP) is 6.31. The molecule has 0 aliphatic rings. The molecule has 5 nitrogen and oxygen atoms in total. The molecule has 0 amide bonds. The van der Waals surface area contributed by atoms with E-state index >= 15 is 0 Å². The summed E-state index contributed by atoms with van der Waals surface area (Å²) in [7, 11) is 3.73. The fraction of sp³-hybridized carbons (Fsp3) is 0.192. The number of phenols is 1. The van der Waals surface area contributed by atoms with Crippen LogP contribution in [0.2, 0.25) is 5.02 Å². The lowest BCUT2D eigenvalue weighted by Gasteiger charge is -2.20. The lowest BCUT2D eigenvalue weighted by atomic mass is 9.96. The number of H-pyrrole nitrogens is 1. The van der Waals surface area contributed by atoms with E-state index < -0.39 is 5.41 Å². The van der Waals surface area contributed by atoms with Crippen molar-refractivity contribution in [1.29, 1.82) is 0 Å². The number of nitrogens with zero attached hydrogens (tertiary/aromatic N) is 1. The van der Waals surface area contributed by atoms with E-state index in [1.54, 1.807) is 37.4 Å². The number of phenolic OH excluding ortho intramolecular Hbond substituents is 1. The summed E-state index contributed by atoms with van der Waals surface area (Å²) in [5.74, 6) is 0.318. The molecule has 176 valence electrons. The van der Waals surface area contributed by atoms with E-state index in [2.05, 4.69) is 14.3 Å². The van der Waals surface area contributed by atoms with Crippen molar-refractivity contribution < 1.29 is 14.2 Å². The minimum atomic E-state index is -1.77. The number of aryl methyl sites for hydroxylation is 2. The van der Waals surface area contributed by atoms with Crippen molar-refractivity contribution in [3.63, 3.8) is 0 Å². The zero-order chi connectivity index (χ0) is 24.6. The smallest absolute Gasteiger partial charge is 0.266 e. The van der Waals surface area contributed by atoms with E-state index in [9.17, 15) is 14.3 Å². The highest BCUT2D eigenvalue weighted by Crippen LogP contribution is 2.46. The highest BCUT2D eigenvalue weighted by atomic mass is 35.5. The summed E-state index contributed by atoms with van der Waals surface area (Å²) >= 11 is 6.26. The van der Waals surface area contributed by atoms with Gasteiger partial charge in [-0.15, -0.1) is 0 Å². The van der Waals surface area contributed by atoms with Crippen LogP contribution in [0.5, 0.6) is 11.5 Å². The summed E-state index contributed by atoms with van der Waals surface area (Å²) in [6.07, 6.45) is 0. The molecule has 1 heterocycles. The van der Waals surface area contributed by atoms with Gasteiger partial charge >= 0.3 is 0 Å². The Bertz CT molecular complexity index is 1410. The van der Waals surface area contributed by atoms with Crippen molar-refractivity contribution >= 4 is 20.8 Å². The number of alkyl halides is 1. The Morgan fingerprint density at radius 1 is 1.15 bits per heavy atom. The third-order valence-electron chi connectivity index (χ3n) is 5.61. The minimum Gasteiger partial charge on any atom is -0.506 e. The fourth-order valence-electron chi connectivity index (χ4n) is 3.72. The molecule has 2 N–H and O–H groups in total. The summed E-state index contributed by atoms with van der Waals surface area (Å²) in [6, 6.07) is 17.6. The van der Waals surface area contributed by atoms with Crippen LogP contribution in [0.3, 0.4) is 0 Å². The maximum absolute atomic E-state index is 14.8. The minimum absolute atomic E-state index is 0.0964. The molecular formula is C26H25ClFN2O3P. The van der Waals surface area contributed by atoms with Crippen LogP contribution in [0.1, 0.15) is 23.6 Å². The van der Waals surface area contributed by atoms with Crippen LogP contribution in [0, 0.1) is 6.92 Å². The van der Waals surface area contributed by atoms with Crippen LogP contribution in [-0.2, 0) is 19.1 Å². The Morgan fingerprint density at radius 3 is 2.47 bits per heavy atom. The van der Waals surface area contributed by atoms with E-state index in [1.807, 2.05) is 31.2 Å². The van der Waals surface area contributed by atoms with Gasteiger partial charge in [0, 0.05) is 29.3 Å². The highest BCUT2D eigenvalue weighted by molar-refractivity contribution is 7.18. The van der Waals surface area contributed by atoms with E-state index in [0.717, 1.165) is 11.1 Å². The van der Waals surface area contributed by atoms with Crippen LogP contribution in [0.15, 0.2) is 65.5 Å².